The first-order chi connectivity index (χ1) is 9.01. The standard InChI is InChI=1S/C13H22N2O4/c1-13(12(17)18)2-5-15(6-3-13)11(16)8-10-9-19-7-4-14-10/h10,14H,2-9H2,1H3,(H,17,18). The minimum atomic E-state index is -0.762. The van der Waals surface area contributed by atoms with Gasteiger partial charge in [-0.05, 0) is 19.8 Å². The average Bonchev–Trinajstić information content (AvgIpc) is 2.40. The van der Waals surface area contributed by atoms with Crippen molar-refractivity contribution in [2.24, 2.45) is 5.41 Å². The second kappa shape index (κ2) is 5.88. The molecule has 0 aromatic heterocycles. The Hall–Kier alpha value is -1.14. The number of amides is 1. The molecule has 0 saturated carbocycles. The molecule has 2 aliphatic rings. The molecule has 2 N–H and O–H groups in total. The number of rotatable bonds is 3. The lowest BCUT2D eigenvalue weighted by Gasteiger charge is -2.37. The Kier molecular flexibility index (Phi) is 4.42. The summed E-state index contributed by atoms with van der Waals surface area (Å²) in [6, 6.07) is 0.0917. The number of nitrogens with zero attached hydrogens (tertiary/aromatic N) is 1. The Morgan fingerprint density at radius 1 is 1.42 bits per heavy atom. The van der Waals surface area contributed by atoms with Crippen molar-refractivity contribution < 1.29 is 19.4 Å². The topological polar surface area (TPSA) is 78.9 Å². The van der Waals surface area contributed by atoms with Crippen LogP contribution in [0.3, 0.4) is 0 Å². The summed E-state index contributed by atoms with van der Waals surface area (Å²) in [6.45, 7) is 4.89. The van der Waals surface area contributed by atoms with E-state index in [4.69, 9.17) is 9.84 Å². The van der Waals surface area contributed by atoms with Gasteiger partial charge in [0, 0.05) is 32.1 Å². The van der Waals surface area contributed by atoms with Gasteiger partial charge in [-0.15, -0.1) is 0 Å². The number of piperidine rings is 1. The van der Waals surface area contributed by atoms with Crippen LogP contribution in [0.4, 0.5) is 0 Å². The first kappa shape index (κ1) is 14.3. The number of aliphatic carboxylic acids is 1. The maximum Gasteiger partial charge on any atom is 0.309 e. The number of hydrogen-bond donors (Lipinski definition) is 2. The highest BCUT2D eigenvalue weighted by Gasteiger charge is 2.38. The highest BCUT2D eigenvalue weighted by Crippen LogP contribution is 2.31. The zero-order valence-electron chi connectivity index (χ0n) is 11.4. The average molecular weight is 270 g/mol. The molecular weight excluding hydrogens is 248 g/mol. The summed E-state index contributed by atoms with van der Waals surface area (Å²) in [5, 5.41) is 12.4. The van der Waals surface area contributed by atoms with E-state index in [1.165, 1.54) is 0 Å². The van der Waals surface area contributed by atoms with Crippen molar-refractivity contribution in [3.05, 3.63) is 0 Å². The van der Waals surface area contributed by atoms with Crippen molar-refractivity contribution in [2.45, 2.75) is 32.2 Å². The maximum atomic E-state index is 12.1. The summed E-state index contributed by atoms with van der Waals surface area (Å²) in [7, 11) is 0. The highest BCUT2D eigenvalue weighted by molar-refractivity contribution is 5.78. The van der Waals surface area contributed by atoms with Gasteiger partial charge in [0.05, 0.1) is 18.6 Å². The Bertz CT molecular complexity index is 345. The van der Waals surface area contributed by atoms with Gasteiger partial charge >= 0.3 is 5.97 Å². The maximum absolute atomic E-state index is 12.1. The predicted octanol–water partition coefficient (Wildman–Crippen LogP) is 0.0782. The first-order valence-electron chi connectivity index (χ1n) is 6.83. The number of likely N-dealkylation sites (tertiary alicyclic amines) is 1. The summed E-state index contributed by atoms with van der Waals surface area (Å²) in [4.78, 5) is 25.0. The van der Waals surface area contributed by atoms with Crippen LogP contribution in [0, 0.1) is 5.41 Å². The van der Waals surface area contributed by atoms with Crippen LogP contribution >= 0.6 is 0 Å². The van der Waals surface area contributed by atoms with Crippen molar-refractivity contribution in [1.82, 2.24) is 10.2 Å². The molecule has 6 nitrogen and oxygen atoms in total. The third kappa shape index (κ3) is 3.45. The van der Waals surface area contributed by atoms with Crippen LogP contribution in [0.5, 0.6) is 0 Å². The third-order valence-electron chi connectivity index (χ3n) is 4.16. The molecule has 19 heavy (non-hydrogen) atoms. The lowest BCUT2D eigenvalue weighted by atomic mass is 9.80. The van der Waals surface area contributed by atoms with E-state index in [2.05, 4.69) is 5.32 Å². The minimum Gasteiger partial charge on any atom is -0.481 e. The number of carbonyl (C=O) groups is 2. The molecule has 0 aromatic rings. The quantitative estimate of drug-likeness (QED) is 0.759. The summed E-state index contributed by atoms with van der Waals surface area (Å²) in [5.74, 6) is -0.669. The molecule has 2 rings (SSSR count). The van der Waals surface area contributed by atoms with Crippen LogP contribution in [0.2, 0.25) is 0 Å². The second-order valence-electron chi connectivity index (χ2n) is 5.68. The molecule has 0 radical (unpaired) electrons. The van der Waals surface area contributed by atoms with Gasteiger partial charge in [-0.3, -0.25) is 9.59 Å². The molecule has 1 unspecified atom stereocenters. The molecule has 0 aliphatic carbocycles. The fourth-order valence-corrected chi connectivity index (χ4v) is 2.55. The van der Waals surface area contributed by atoms with Crippen LogP contribution in [0.25, 0.3) is 0 Å². The van der Waals surface area contributed by atoms with E-state index in [1.54, 1.807) is 11.8 Å². The van der Waals surface area contributed by atoms with Crippen LogP contribution in [-0.2, 0) is 14.3 Å². The molecule has 2 fully saturated rings. The van der Waals surface area contributed by atoms with E-state index in [0.29, 0.717) is 45.6 Å². The lowest BCUT2D eigenvalue weighted by molar-refractivity contribution is -0.153. The van der Waals surface area contributed by atoms with E-state index >= 15 is 0 Å². The smallest absolute Gasteiger partial charge is 0.309 e. The molecule has 1 atom stereocenters. The predicted molar refractivity (Wildman–Crippen MR) is 68.8 cm³/mol. The summed E-state index contributed by atoms with van der Waals surface area (Å²) < 4.78 is 5.32. The fraction of sp³-hybridized carbons (Fsp3) is 0.846. The number of morpholine rings is 1. The van der Waals surface area contributed by atoms with Gasteiger partial charge in [0.2, 0.25) is 5.91 Å². The van der Waals surface area contributed by atoms with Gasteiger partial charge in [0.1, 0.15) is 0 Å². The van der Waals surface area contributed by atoms with Crippen molar-refractivity contribution in [3.63, 3.8) is 0 Å². The van der Waals surface area contributed by atoms with Crippen molar-refractivity contribution in [2.75, 3.05) is 32.8 Å². The molecule has 6 heteroatoms. The van der Waals surface area contributed by atoms with E-state index in [9.17, 15) is 9.59 Å². The number of carboxylic acid groups (broad SMARTS) is 1. The van der Waals surface area contributed by atoms with E-state index in [1.807, 2.05) is 0 Å². The number of hydrogen-bond acceptors (Lipinski definition) is 4. The van der Waals surface area contributed by atoms with Gasteiger partial charge in [-0.25, -0.2) is 0 Å². The SMILES string of the molecule is CC1(C(=O)O)CCN(C(=O)CC2COCCN2)CC1. The van der Waals surface area contributed by atoms with E-state index < -0.39 is 11.4 Å². The van der Waals surface area contributed by atoms with Gasteiger partial charge in [-0.1, -0.05) is 0 Å². The molecule has 2 aliphatic heterocycles. The van der Waals surface area contributed by atoms with Gasteiger partial charge in [-0.2, -0.15) is 0 Å². The van der Waals surface area contributed by atoms with E-state index in [0.717, 1.165) is 6.54 Å². The molecule has 0 spiro atoms. The lowest BCUT2D eigenvalue weighted by Crippen LogP contribution is -2.48. The number of nitrogens with one attached hydrogen (secondary N) is 1. The minimum absolute atomic E-state index is 0.0917. The third-order valence-corrected chi connectivity index (χ3v) is 4.16. The molecular formula is C13H22N2O4. The normalized spacial score (nSPS) is 27.0. The van der Waals surface area contributed by atoms with Crippen LogP contribution in [0.1, 0.15) is 26.2 Å². The van der Waals surface area contributed by atoms with Crippen molar-refractivity contribution in [3.8, 4) is 0 Å². The number of carbonyl (C=O) groups excluding carboxylic acids is 1. The molecule has 108 valence electrons. The van der Waals surface area contributed by atoms with Crippen LogP contribution in [-0.4, -0.2) is 60.8 Å². The van der Waals surface area contributed by atoms with Gasteiger partial charge in [0.15, 0.2) is 0 Å². The van der Waals surface area contributed by atoms with Gasteiger partial charge in [0.25, 0.3) is 0 Å². The summed E-state index contributed by atoms with van der Waals surface area (Å²) in [6.07, 6.45) is 1.50. The Labute approximate surface area is 113 Å². The van der Waals surface area contributed by atoms with Gasteiger partial charge < -0.3 is 20.1 Å². The number of carboxylic acids is 1. The first-order valence-corrected chi connectivity index (χ1v) is 6.83. The Morgan fingerprint density at radius 2 is 2.11 bits per heavy atom. The van der Waals surface area contributed by atoms with Crippen LogP contribution < -0.4 is 5.32 Å². The molecule has 2 saturated heterocycles. The molecule has 1 amide bonds. The zero-order chi connectivity index (χ0) is 13.9. The van der Waals surface area contributed by atoms with Crippen LogP contribution in [0.15, 0.2) is 0 Å². The Morgan fingerprint density at radius 3 is 2.63 bits per heavy atom. The molecule has 0 aromatic carbocycles. The zero-order valence-corrected chi connectivity index (χ0v) is 11.4. The summed E-state index contributed by atoms with van der Waals surface area (Å²) in [5.41, 5.74) is -0.678. The molecule has 0 bridgehead atoms. The summed E-state index contributed by atoms with van der Waals surface area (Å²) >= 11 is 0. The Balaban J connectivity index is 1.80. The molecule has 2 heterocycles. The van der Waals surface area contributed by atoms with Crippen molar-refractivity contribution in [1.29, 1.82) is 0 Å². The number of ether oxygens (including phenoxy) is 1. The fourth-order valence-electron chi connectivity index (χ4n) is 2.55. The van der Waals surface area contributed by atoms with E-state index in [-0.39, 0.29) is 11.9 Å². The largest absolute Gasteiger partial charge is 0.481 e. The highest BCUT2D eigenvalue weighted by atomic mass is 16.5. The monoisotopic (exact) mass is 270 g/mol. The second-order valence-corrected chi connectivity index (χ2v) is 5.68. The van der Waals surface area contributed by atoms with Crippen molar-refractivity contribution >= 4 is 11.9 Å².